The number of aromatic nitrogens is 1. The van der Waals surface area contributed by atoms with Gasteiger partial charge >= 0.3 is 0 Å². The molecule has 0 aliphatic carbocycles. The molecule has 1 aromatic heterocycles. The third-order valence-electron chi connectivity index (χ3n) is 2.30. The second kappa shape index (κ2) is 4.63. The molecule has 16 heavy (non-hydrogen) atoms. The lowest BCUT2D eigenvalue weighted by molar-refractivity contribution is -0.0303. The fourth-order valence-corrected chi connectivity index (χ4v) is 1.43. The Labute approximate surface area is 94.6 Å². The minimum atomic E-state index is -0.0106. The van der Waals surface area contributed by atoms with Crippen LogP contribution in [0.25, 0.3) is 11.1 Å². The molecule has 2 aromatic rings. The van der Waals surface area contributed by atoms with Crippen LogP contribution >= 0.6 is 0 Å². The van der Waals surface area contributed by atoms with Gasteiger partial charge in [0.2, 0.25) is 0 Å². The lowest BCUT2D eigenvalue weighted by Gasteiger charge is -2.15. The molecule has 2 rings (SSSR count). The Kier molecular flexibility index (Phi) is 3.22. The molecule has 1 unspecified atom stereocenters. The van der Waals surface area contributed by atoms with Gasteiger partial charge in [-0.1, -0.05) is 6.07 Å². The zero-order valence-electron chi connectivity index (χ0n) is 9.73. The van der Waals surface area contributed by atoms with Crippen LogP contribution in [0.5, 0.6) is 0 Å². The van der Waals surface area contributed by atoms with E-state index in [0.717, 1.165) is 16.7 Å². The van der Waals surface area contributed by atoms with E-state index in [0.29, 0.717) is 6.04 Å². The Hall–Kier alpha value is -1.39. The summed E-state index contributed by atoms with van der Waals surface area (Å²) in [5.74, 6) is 0. The summed E-state index contributed by atoms with van der Waals surface area (Å²) in [6, 6.07) is 6.18. The van der Waals surface area contributed by atoms with E-state index in [1.807, 2.05) is 39.0 Å². The van der Waals surface area contributed by atoms with E-state index >= 15 is 0 Å². The van der Waals surface area contributed by atoms with Crippen molar-refractivity contribution < 1.29 is 9.25 Å². The van der Waals surface area contributed by atoms with Crippen LogP contribution in [-0.4, -0.2) is 11.0 Å². The smallest absolute Gasteiger partial charge is 0.181 e. The standard InChI is InChI=1S/C12H16N2O2/c1-8(2)14-16-9(3)10-4-5-12-11(6-10)13-7-15-12/h4-9,14H,1-3H3. The monoisotopic (exact) mass is 220 g/mol. The van der Waals surface area contributed by atoms with Gasteiger partial charge in [0, 0.05) is 6.04 Å². The first-order valence-corrected chi connectivity index (χ1v) is 5.41. The number of hydrogen-bond donors (Lipinski definition) is 1. The first kappa shape index (κ1) is 11.1. The molecule has 0 saturated carbocycles. The fraction of sp³-hybridized carbons (Fsp3) is 0.417. The Morgan fingerprint density at radius 1 is 1.31 bits per heavy atom. The largest absolute Gasteiger partial charge is 0.443 e. The lowest BCUT2D eigenvalue weighted by atomic mass is 10.1. The van der Waals surface area contributed by atoms with Crippen LogP contribution < -0.4 is 5.48 Å². The molecule has 0 amide bonds. The topological polar surface area (TPSA) is 47.3 Å². The summed E-state index contributed by atoms with van der Waals surface area (Å²) < 4.78 is 5.18. The van der Waals surface area contributed by atoms with Crippen LogP contribution in [0.3, 0.4) is 0 Å². The van der Waals surface area contributed by atoms with E-state index in [-0.39, 0.29) is 6.10 Å². The van der Waals surface area contributed by atoms with Crippen molar-refractivity contribution in [3.8, 4) is 0 Å². The van der Waals surface area contributed by atoms with Gasteiger partial charge in [0.15, 0.2) is 12.0 Å². The predicted molar refractivity (Wildman–Crippen MR) is 61.8 cm³/mol. The van der Waals surface area contributed by atoms with Crippen LogP contribution in [0.4, 0.5) is 0 Å². The molecule has 4 heteroatoms. The number of nitrogens with one attached hydrogen (secondary N) is 1. The van der Waals surface area contributed by atoms with Crippen LogP contribution in [0, 0.1) is 0 Å². The van der Waals surface area contributed by atoms with Crippen molar-refractivity contribution in [1.82, 2.24) is 10.5 Å². The maximum absolute atomic E-state index is 5.51. The van der Waals surface area contributed by atoms with Gasteiger partial charge in [-0.25, -0.2) is 4.98 Å². The average molecular weight is 220 g/mol. The molecule has 0 saturated heterocycles. The number of benzene rings is 1. The van der Waals surface area contributed by atoms with E-state index in [2.05, 4.69) is 10.5 Å². The molecule has 4 nitrogen and oxygen atoms in total. The van der Waals surface area contributed by atoms with Gasteiger partial charge in [-0.05, 0) is 38.5 Å². The van der Waals surface area contributed by atoms with Crippen molar-refractivity contribution in [2.45, 2.75) is 32.9 Å². The van der Waals surface area contributed by atoms with Gasteiger partial charge in [0.1, 0.15) is 11.6 Å². The summed E-state index contributed by atoms with van der Waals surface area (Å²) in [5, 5.41) is 0. The van der Waals surface area contributed by atoms with E-state index in [9.17, 15) is 0 Å². The predicted octanol–water partition coefficient (Wildman–Crippen LogP) is 2.82. The second-order valence-corrected chi connectivity index (χ2v) is 4.11. The maximum atomic E-state index is 5.51. The van der Waals surface area contributed by atoms with Gasteiger partial charge in [-0.2, -0.15) is 5.48 Å². The van der Waals surface area contributed by atoms with E-state index in [4.69, 9.17) is 9.25 Å². The van der Waals surface area contributed by atoms with Gasteiger partial charge in [0.25, 0.3) is 0 Å². The molecule has 0 radical (unpaired) electrons. The summed E-state index contributed by atoms with van der Waals surface area (Å²) in [7, 11) is 0. The number of nitrogens with zero attached hydrogens (tertiary/aromatic N) is 1. The van der Waals surface area contributed by atoms with Gasteiger partial charge in [0.05, 0.1) is 0 Å². The minimum absolute atomic E-state index is 0.0106. The fourth-order valence-electron chi connectivity index (χ4n) is 1.43. The SMILES string of the molecule is CC(C)NOC(C)c1ccc2ocnc2c1. The molecule has 0 aliphatic heterocycles. The molecule has 1 heterocycles. The molecule has 0 aliphatic rings. The molecular weight excluding hydrogens is 204 g/mol. The Balaban J connectivity index is 2.12. The Morgan fingerprint density at radius 3 is 2.88 bits per heavy atom. The summed E-state index contributed by atoms with van der Waals surface area (Å²) in [6.07, 6.45) is 1.44. The number of oxazole rings is 1. The zero-order valence-corrected chi connectivity index (χ0v) is 9.73. The van der Waals surface area contributed by atoms with Crippen molar-refractivity contribution in [3.63, 3.8) is 0 Å². The number of fused-ring (bicyclic) bond motifs is 1. The second-order valence-electron chi connectivity index (χ2n) is 4.11. The normalized spacial score (nSPS) is 13.5. The third kappa shape index (κ3) is 2.40. The highest BCUT2D eigenvalue weighted by Crippen LogP contribution is 2.20. The zero-order chi connectivity index (χ0) is 11.5. The van der Waals surface area contributed by atoms with E-state index in [1.54, 1.807) is 0 Å². The molecule has 86 valence electrons. The Morgan fingerprint density at radius 2 is 2.12 bits per heavy atom. The maximum Gasteiger partial charge on any atom is 0.181 e. The first-order valence-electron chi connectivity index (χ1n) is 5.41. The minimum Gasteiger partial charge on any atom is -0.443 e. The van der Waals surface area contributed by atoms with Crippen molar-refractivity contribution in [1.29, 1.82) is 0 Å². The molecule has 0 spiro atoms. The molecular formula is C12H16N2O2. The molecule has 0 fully saturated rings. The lowest BCUT2D eigenvalue weighted by Crippen LogP contribution is -2.24. The Bertz CT molecular complexity index is 465. The highest BCUT2D eigenvalue weighted by Gasteiger charge is 2.08. The van der Waals surface area contributed by atoms with Crippen molar-refractivity contribution >= 4 is 11.1 Å². The van der Waals surface area contributed by atoms with E-state index in [1.165, 1.54) is 6.39 Å². The van der Waals surface area contributed by atoms with Crippen molar-refractivity contribution in [2.24, 2.45) is 0 Å². The summed E-state index contributed by atoms with van der Waals surface area (Å²) in [6.45, 7) is 6.07. The van der Waals surface area contributed by atoms with Crippen molar-refractivity contribution in [3.05, 3.63) is 30.2 Å². The van der Waals surface area contributed by atoms with Gasteiger partial charge in [-0.3, -0.25) is 4.84 Å². The summed E-state index contributed by atoms with van der Waals surface area (Å²) >= 11 is 0. The number of hydrogen-bond acceptors (Lipinski definition) is 4. The number of rotatable bonds is 4. The highest BCUT2D eigenvalue weighted by molar-refractivity contribution is 5.72. The van der Waals surface area contributed by atoms with Crippen LogP contribution in [0.2, 0.25) is 0 Å². The summed E-state index contributed by atoms with van der Waals surface area (Å²) in [5.41, 5.74) is 5.68. The third-order valence-corrected chi connectivity index (χ3v) is 2.30. The molecule has 1 N–H and O–H groups in total. The van der Waals surface area contributed by atoms with Crippen LogP contribution in [0.1, 0.15) is 32.4 Å². The first-order chi connectivity index (χ1) is 7.66. The highest BCUT2D eigenvalue weighted by atomic mass is 16.7. The average Bonchev–Trinajstić information content (AvgIpc) is 2.72. The quantitative estimate of drug-likeness (QED) is 0.805. The van der Waals surface area contributed by atoms with Crippen LogP contribution in [-0.2, 0) is 4.84 Å². The van der Waals surface area contributed by atoms with Gasteiger partial charge < -0.3 is 4.42 Å². The molecule has 0 bridgehead atoms. The summed E-state index contributed by atoms with van der Waals surface area (Å²) in [4.78, 5) is 9.62. The molecule has 1 aromatic carbocycles. The van der Waals surface area contributed by atoms with Gasteiger partial charge in [-0.15, -0.1) is 0 Å². The molecule has 1 atom stereocenters. The number of hydroxylamine groups is 1. The van der Waals surface area contributed by atoms with Crippen LogP contribution in [0.15, 0.2) is 29.0 Å². The van der Waals surface area contributed by atoms with E-state index < -0.39 is 0 Å². The van der Waals surface area contributed by atoms with Crippen molar-refractivity contribution in [2.75, 3.05) is 0 Å².